The summed E-state index contributed by atoms with van der Waals surface area (Å²) in [5, 5.41) is 7.54. The number of carbonyl (C=O) groups is 1. The number of amides is 1. The molecular formula is C26H23N3O3. The largest absolute Gasteiger partial charge is 0.493 e. The van der Waals surface area contributed by atoms with Crippen LogP contribution < -0.4 is 14.4 Å². The molecule has 0 aliphatic carbocycles. The molecular weight excluding hydrogens is 402 g/mol. The maximum atomic E-state index is 13.6. The van der Waals surface area contributed by atoms with Crippen molar-refractivity contribution in [2.75, 3.05) is 19.1 Å². The van der Waals surface area contributed by atoms with E-state index in [1.807, 2.05) is 84.6 Å². The van der Waals surface area contributed by atoms with Gasteiger partial charge in [-0.05, 0) is 36.8 Å². The lowest BCUT2D eigenvalue weighted by Crippen LogP contribution is -2.29. The molecule has 1 aliphatic heterocycles. The lowest BCUT2D eigenvalue weighted by molar-refractivity contribution is 0.0988. The van der Waals surface area contributed by atoms with Crippen LogP contribution in [0.1, 0.15) is 33.2 Å². The van der Waals surface area contributed by atoms with Crippen LogP contribution in [0.5, 0.6) is 11.5 Å². The molecule has 4 aromatic rings. The van der Waals surface area contributed by atoms with E-state index < -0.39 is 0 Å². The molecule has 5 rings (SSSR count). The van der Waals surface area contributed by atoms with Gasteiger partial charge in [0.15, 0.2) is 11.5 Å². The van der Waals surface area contributed by atoms with Crippen LogP contribution in [0.3, 0.4) is 0 Å². The summed E-state index contributed by atoms with van der Waals surface area (Å²) in [4.78, 5) is 15.4. The van der Waals surface area contributed by atoms with E-state index in [0.29, 0.717) is 17.2 Å². The number of rotatable bonds is 5. The van der Waals surface area contributed by atoms with Gasteiger partial charge in [-0.15, -0.1) is 0 Å². The van der Waals surface area contributed by atoms with Gasteiger partial charge in [0.1, 0.15) is 5.69 Å². The number of H-pyrrole nitrogens is 1. The third-order valence-electron chi connectivity index (χ3n) is 5.85. The van der Waals surface area contributed by atoms with Gasteiger partial charge >= 0.3 is 0 Å². The normalized spacial score (nSPS) is 15.0. The Bertz CT molecular complexity index is 1280. The zero-order valence-corrected chi connectivity index (χ0v) is 18.1. The molecule has 0 radical (unpaired) electrons. The van der Waals surface area contributed by atoms with E-state index in [1.54, 1.807) is 14.2 Å². The molecule has 2 heterocycles. The maximum Gasteiger partial charge on any atom is 0.277 e. The second-order valence-corrected chi connectivity index (χ2v) is 7.75. The topological polar surface area (TPSA) is 67.5 Å². The number of benzene rings is 3. The smallest absolute Gasteiger partial charge is 0.277 e. The number of anilines is 1. The lowest BCUT2D eigenvalue weighted by Gasteiger charge is -2.27. The fourth-order valence-electron chi connectivity index (χ4n) is 4.27. The van der Waals surface area contributed by atoms with Crippen LogP contribution in [-0.4, -0.2) is 30.3 Å². The van der Waals surface area contributed by atoms with Gasteiger partial charge in [0.2, 0.25) is 0 Å². The number of carbonyl (C=O) groups excluding carboxylic acids is 1. The van der Waals surface area contributed by atoms with Crippen molar-refractivity contribution in [1.29, 1.82) is 0 Å². The molecule has 1 atom stereocenters. The summed E-state index contributed by atoms with van der Waals surface area (Å²) in [6, 6.07) is 23.2. The third-order valence-corrected chi connectivity index (χ3v) is 5.85. The molecule has 1 unspecified atom stereocenters. The Morgan fingerprint density at radius 3 is 2.31 bits per heavy atom. The molecule has 0 spiro atoms. The number of hydrogen-bond donors (Lipinski definition) is 1. The van der Waals surface area contributed by atoms with Crippen LogP contribution in [-0.2, 0) is 0 Å². The molecule has 32 heavy (non-hydrogen) atoms. The van der Waals surface area contributed by atoms with Crippen LogP contribution in [0.4, 0.5) is 5.69 Å². The highest BCUT2D eigenvalue weighted by Crippen LogP contribution is 2.46. The van der Waals surface area contributed by atoms with Gasteiger partial charge in [-0.3, -0.25) is 14.8 Å². The number of para-hydroxylation sites is 1. The number of nitrogens with one attached hydrogen (secondary N) is 1. The van der Waals surface area contributed by atoms with E-state index >= 15 is 0 Å². The molecule has 0 fully saturated rings. The van der Waals surface area contributed by atoms with Gasteiger partial charge in [-0.1, -0.05) is 54.1 Å². The Morgan fingerprint density at radius 2 is 1.62 bits per heavy atom. The standard InChI is InChI=1S/C26H23N3O3/c1-16-9-11-17(12-10-16)23-22-24(28-27-23)26(30)29(19-7-5-4-6-8-19)25(22)18-13-14-20(31-2)21(15-18)32-3/h4-15,25H,1-3H3,(H,27,28). The summed E-state index contributed by atoms with van der Waals surface area (Å²) in [5.41, 5.74) is 5.98. The highest BCUT2D eigenvalue weighted by molar-refractivity contribution is 6.11. The second-order valence-electron chi connectivity index (χ2n) is 7.75. The summed E-state index contributed by atoms with van der Waals surface area (Å²) < 4.78 is 11.0. The summed E-state index contributed by atoms with van der Waals surface area (Å²) in [5.74, 6) is 1.13. The molecule has 160 valence electrons. The minimum absolute atomic E-state index is 0.114. The molecule has 0 saturated carbocycles. The predicted octanol–water partition coefficient (Wildman–Crippen LogP) is 5.15. The maximum absolute atomic E-state index is 13.6. The van der Waals surface area contributed by atoms with Gasteiger partial charge in [-0.25, -0.2) is 0 Å². The van der Waals surface area contributed by atoms with Crippen LogP contribution in [0, 0.1) is 6.92 Å². The Labute approximate surface area is 186 Å². The summed E-state index contributed by atoms with van der Waals surface area (Å²) >= 11 is 0. The van der Waals surface area contributed by atoms with E-state index in [-0.39, 0.29) is 11.9 Å². The highest BCUT2D eigenvalue weighted by atomic mass is 16.5. The first-order chi connectivity index (χ1) is 15.6. The Morgan fingerprint density at radius 1 is 0.906 bits per heavy atom. The number of aromatic nitrogens is 2. The van der Waals surface area contributed by atoms with Crippen molar-refractivity contribution in [2.45, 2.75) is 13.0 Å². The van der Waals surface area contributed by atoms with Crippen LogP contribution in [0.25, 0.3) is 11.3 Å². The van der Waals surface area contributed by atoms with Crippen molar-refractivity contribution in [3.05, 3.63) is 95.2 Å². The van der Waals surface area contributed by atoms with Crippen molar-refractivity contribution in [2.24, 2.45) is 0 Å². The van der Waals surface area contributed by atoms with E-state index in [2.05, 4.69) is 10.2 Å². The molecule has 3 aromatic carbocycles. The van der Waals surface area contributed by atoms with E-state index in [0.717, 1.165) is 28.1 Å². The first kappa shape index (κ1) is 19.9. The van der Waals surface area contributed by atoms with Crippen LogP contribution >= 0.6 is 0 Å². The Balaban J connectivity index is 1.73. The summed E-state index contributed by atoms with van der Waals surface area (Å²) in [6.45, 7) is 2.05. The Kier molecular flexibility index (Phi) is 4.90. The summed E-state index contributed by atoms with van der Waals surface area (Å²) in [7, 11) is 3.22. The molecule has 1 amide bonds. The SMILES string of the molecule is COc1ccc(C2c3c(-c4ccc(C)cc4)n[nH]c3C(=O)N2c2ccccc2)cc1OC. The zero-order chi connectivity index (χ0) is 22.2. The Hall–Kier alpha value is -4.06. The molecule has 6 heteroatoms. The molecule has 1 aromatic heterocycles. The van der Waals surface area contributed by atoms with Crippen LogP contribution in [0.15, 0.2) is 72.8 Å². The van der Waals surface area contributed by atoms with Crippen molar-refractivity contribution < 1.29 is 14.3 Å². The van der Waals surface area contributed by atoms with Crippen molar-refractivity contribution >= 4 is 11.6 Å². The number of aromatic amines is 1. The number of hydrogen-bond acceptors (Lipinski definition) is 4. The first-order valence-corrected chi connectivity index (χ1v) is 10.4. The molecule has 1 N–H and O–H groups in total. The molecule has 0 saturated heterocycles. The number of fused-ring (bicyclic) bond motifs is 1. The molecule has 6 nitrogen and oxygen atoms in total. The zero-order valence-electron chi connectivity index (χ0n) is 18.1. The minimum atomic E-state index is -0.366. The third kappa shape index (κ3) is 3.12. The average Bonchev–Trinajstić information content (AvgIpc) is 3.38. The average molecular weight is 425 g/mol. The fourth-order valence-corrected chi connectivity index (χ4v) is 4.27. The fraction of sp³-hybridized carbons (Fsp3) is 0.154. The van der Waals surface area contributed by atoms with E-state index in [9.17, 15) is 4.79 Å². The molecule has 0 bridgehead atoms. The van der Waals surface area contributed by atoms with E-state index in [1.165, 1.54) is 5.56 Å². The summed E-state index contributed by atoms with van der Waals surface area (Å²) in [6.07, 6.45) is 0. The van der Waals surface area contributed by atoms with Gasteiger partial charge in [0.05, 0.1) is 26.0 Å². The lowest BCUT2D eigenvalue weighted by atomic mass is 9.95. The van der Waals surface area contributed by atoms with Crippen molar-refractivity contribution in [3.63, 3.8) is 0 Å². The van der Waals surface area contributed by atoms with Crippen LogP contribution in [0.2, 0.25) is 0 Å². The number of nitrogens with zero attached hydrogens (tertiary/aromatic N) is 2. The first-order valence-electron chi connectivity index (χ1n) is 10.4. The highest BCUT2D eigenvalue weighted by Gasteiger charge is 2.43. The van der Waals surface area contributed by atoms with Gasteiger partial charge in [-0.2, -0.15) is 5.10 Å². The van der Waals surface area contributed by atoms with Gasteiger partial charge in [0, 0.05) is 16.8 Å². The monoisotopic (exact) mass is 425 g/mol. The van der Waals surface area contributed by atoms with Crippen molar-refractivity contribution in [3.8, 4) is 22.8 Å². The number of ether oxygens (including phenoxy) is 2. The minimum Gasteiger partial charge on any atom is -0.493 e. The second kappa shape index (κ2) is 7.89. The quantitative estimate of drug-likeness (QED) is 0.480. The van der Waals surface area contributed by atoms with E-state index in [4.69, 9.17) is 9.47 Å². The van der Waals surface area contributed by atoms with Crippen molar-refractivity contribution in [1.82, 2.24) is 10.2 Å². The number of methoxy groups -OCH3 is 2. The number of aryl methyl sites for hydroxylation is 1. The van der Waals surface area contributed by atoms with Gasteiger partial charge in [0.25, 0.3) is 5.91 Å². The predicted molar refractivity (Wildman–Crippen MR) is 123 cm³/mol. The van der Waals surface area contributed by atoms with Gasteiger partial charge < -0.3 is 9.47 Å². The molecule has 1 aliphatic rings.